The first-order valence-electron chi connectivity index (χ1n) is 3.75. The van der Waals surface area contributed by atoms with Crippen molar-refractivity contribution in [3.63, 3.8) is 0 Å². The minimum Gasteiger partial charge on any atom is -0.443 e. The molecular weight excluding hydrogens is 205 g/mol. The largest absolute Gasteiger partial charge is 0.443 e. The minimum atomic E-state index is -0.541. The molecular formula is C8H6FN3OS. The van der Waals surface area contributed by atoms with Gasteiger partial charge in [0, 0.05) is 0 Å². The summed E-state index contributed by atoms with van der Waals surface area (Å²) in [4.78, 5) is 7.25. The fraction of sp³-hybridized carbons (Fsp3) is 0. The average molecular weight is 211 g/mol. The van der Waals surface area contributed by atoms with Crippen LogP contribution in [0.25, 0.3) is 0 Å². The van der Waals surface area contributed by atoms with Crippen molar-refractivity contribution < 1.29 is 9.13 Å². The Balaban J connectivity index is 2.15. The molecule has 2 rings (SSSR count). The molecule has 2 aromatic heterocycles. The molecule has 0 saturated heterocycles. The quantitative estimate of drug-likeness (QED) is 0.772. The van der Waals surface area contributed by atoms with Gasteiger partial charge in [0.25, 0.3) is 0 Å². The zero-order valence-corrected chi connectivity index (χ0v) is 7.79. The third-order valence-corrected chi connectivity index (χ3v) is 2.13. The van der Waals surface area contributed by atoms with Crippen LogP contribution in [-0.2, 0) is 0 Å². The molecule has 2 heterocycles. The smallest absolute Gasteiger partial charge is 0.213 e. The van der Waals surface area contributed by atoms with E-state index in [1.54, 1.807) is 0 Å². The van der Waals surface area contributed by atoms with Gasteiger partial charge in [-0.3, -0.25) is 0 Å². The molecule has 0 aromatic carbocycles. The number of ether oxygens (including phenoxy) is 1. The van der Waals surface area contributed by atoms with Gasteiger partial charge < -0.3 is 10.5 Å². The van der Waals surface area contributed by atoms with Crippen molar-refractivity contribution in [1.82, 2.24) is 9.97 Å². The van der Waals surface area contributed by atoms with Gasteiger partial charge >= 0.3 is 0 Å². The maximum Gasteiger partial charge on any atom is 0.213 e. The first-order valence-corrected chi connectivity index (χ1v) is 4.56. The van der Waals surface area contributed by atoms with E-state index in [-0.39, 0.29) is 0 Å². The summed E-state index contributed by atoms with van der Waals surface area (Å²) in [5, 5.41) is 0.978. The topological polar surface area (TPSA) is 61.0 Å². The molecule has 2 N–H and O–H groups in total. The second-order valence-electron chi connectivity index (χ2n) is 2.44. The van der Waals surface area contributed by atoms with Crippen molar-refractivity contribution in [2.75, 3.05) is 5.73 Å². The number of rotatable bonds is 2. The summed E-state index contributed by atoms with van der Waals surface area (Å²) >= 11 is 1.21. The number of nitrogens with two attached hydrogens (primary N) is 1. The molecule has 0 aliphatic carbocycles. The zero-order valence-electron chi connectivity index (χ0n) is 6.98. The molecule has 0 aliphatic rings. The molecule has 72 valence electrons. The van der Waals surface area contributed by atoms with E-state index >= 15 is 0 Å². The van der Waals surface area contributed by atoms with Crippen LogP contribution < -0.4 is 10.5 Å². The van der Waals surface area contributed by atoms with Crippen LogP contribution in [0.1, 0.15) is 0 Å². The Morgan fingerprint density at radius 3 is 2.71 bits per heavy atom. The van der Waals surface area contributed by atoms with Gasteiger partial charge in [0.15, 0.2) is 5.13 Å². The molecule has 0 amide bonds. The van der Waals surface area contributed by atoms with Crippen LogP contribution in [-0.4, -0.2) is 9.97 Å². The lowest BCUT2D eigenvalue weighted by atomic mass is 10.5. The van der Waals surface area contributed by atoms with E-state index in [0.717, 1.165) is 0 Å². The Bertz CT molecular complexity index is 428. The molecule has 0 atom stereocenters. The Labute approximate surface area is 83.2 Å². The second-order valence-corrected chi connectivity index (χ2v) is 3.46. The highest BCUT2D eigenvalue weighted by Crippen LogP contribution is 2.27. The number of hydrogen-bond acceptors (Lipinski definition) is 5. The van der Waals surface area contributed by atoms with Crippen molar-refractivity contribution in [3.05, 3.63) is 30.5 Å². The number of thiazole rings is 1. The first kappa shape index (κ1) is 8.89. The summed E-state index contributed by atoms with van der Waals surface area (Å²) in [5.74, 6) is -0.0868. The van der Waals surface area contributed by atoms with Gasteiger partial charge in [0.1, 0.15) is 5.75 Å². The lowest BCUT2D eigenvalue weighted by Crippen LogP contribution is -1.84. The van der Waals surface area contributed by atoms with E-state index in [1.807, 2.05) is 0 Å². The standard InChI is InChI=1S/C8H6FN3OS/c9-6-2-1-5(3-11-6)13-7-4-12-8(10)14-7/h1-4H,(H2,10,12). The van der Waals surface area contributed by atoms with Gasteiger partial charge in [0.05, 0.1) is 12.4 Å². The first-order chi connectivity index (χ1) is 6.74. The third-order valence-electron chi connectivity index (χ3n) is 1.42. The van der Waals surface area contributed by atoms with E-state index in [4.69, 9.17) is 10.5 Å². The summed E-state index contributed by atoms with van der Waals surface area (Å²) in [6, 6.07) is 2.71. The predicted octanol–water partition coefficient (Wildman–Crippen LogP) is 2.05. The van der Waals surface area contributed by atoms with Crippen LogP contribution in [0.15, 0.2) is 24.5 Å². The molecule has 0 fully saturated rings. The molecule has 0 saturated carbocycles. The molecule has 4 nitrogen and oxygen atoms in total. The number of nitrogens with zero attached hydrogens (tertiary/aromatic N) is 2. The molecule has 0 radical (unpaired) electrons. The van der Waals surface area contributed by atoms with Crippen LogP contribution in [0.3, 0.4) is 0 Å². The van der Waals surface area contributed by atoms with Gasteiger partial charge in [-0.15, -0.1) is 0 Å². The van der Waals surface area contributed by atoms with Gasteiger partial charge in [-0.25, -0.2) is 9.97 Å². The normalized spacial score (nSPS) is 10.1. The Morgan fingerprint density at radius 1 is 1.29 bits per heavy atom. The number of aromatic nitrogens is 2. The summed E-state index contributed by atoms with van der Waals surface area (Å²) < 4.78 is 17.7. The van der Waals surface area contributed by atoms with E-state index < -0.39 is 5.95 Å². The van der Waals surface area contributed by atoms with E-state index in [2.05, 4.69) is 9.97 Å². The highest BCUT2D eigenvalue weighted by Gasteiger charge is 2.01. The summed E-state index contributed by atoms with van der Waals surface area (Å²) in [6.07, 6.45) is 2.80. The summed E-state index contributed by atoms with van der Waals surface area (Å²) in [6.45, 7) is 0. The van der Waals surface area contributed by atoms with Crippen molar-refractivity contribution in [1.29, 1.82) is 0 Å². The Morgan fingerprint density at radius 2 is 2.14 bits per heavy atom. The molecule has 0 aliphatic heterocycles. The molecule has 0 bridgehead atoms. The Hall–Kier alpha value is -1.69. The molecule has 0 spiro atoms. The second kappa shape index (κ2) is 3.59. The molecule has 2 aromatic rings. The fourth-order valence-electron chi connectivity index (χ4n) is 0.858. The maximum absolute atomic E-state index is 12.4. The number of pyridine rings is 1. The zero-order chi connectivity index (χ0) is 9.97. The molecule has 6 heteroatoms. The van der Waals surface area contributed by atoms with Crippen molar-refractivity contribution in [2.45, 2.75) is 0 Å². The van der Waals surface area contributed by atoms with Gasteiger partial charge in [-0.2, -0.15) is 4.39 Å². The van der Waals surface area contributed by atoms with Crippen LogP contribution >= 0.6 is 11.3 Å². The third kappa shape index (κ3) is 1.97. The maximum atomic E-state index is 12.4. The number of anilines is 1. The minimum absolute atomic E-state index is 0.426. The fourth-order valence-corrected chi connectivity index (χ4v) is 1.41. The number of halogens is 1. The predicted molar refractivity (Wildman–Crippen MR) is 50.8 cm³/mol. The monoisotopic (exact) mass is 211 g/mol. The van der Waals surface area contributed by atoms with Crippen LogP contribution in [0.2, 0.25) is 0 Å². The lowest BCUT2D eigenvalue weighted by molar-refractivity contribution is 0.486. The molecule has 0 unspecified atom stereocenters. The summed E-state index contributed by atoms with van der Waals surface area (Å²) in [5.41, 5.74) is 5.41. The van der Waals surface area contributed by atoms with Crippen molar-refractivity contribution in [2.24, 2.45) is 0 Å². The van der Waals surface area contributed by atoms with E-state index in [0.29, 0.717) is 15.9 Å². The van der Waals surface area contributed by atoms with Gasteiger partial charge in [0.2, 0.25) is 11.0 Å². The number of nitrogen functional groups attached to an aromatic ring is 1. The van der Waals surface area contributed by atoms with Gasteiger partial charge in [-0.05, 0) is 12.1 Å². The van der Waals surface area contributed by atoms with Crippen LogP contribution in [0.4, 0.5) is 9.52 Å². The Kier molecular flexibility index (Phi) is 2.28. The average Bonchev–Trinajstić information content (AvgIpc) is 2.56. The SMILES string of the molecule is Nc1ncc(Oc2ccc(F)nc2)s1. The van der Waals surface area contributed by atoms with Gasteiger partial charge in [-0.1, -0.05) is 11.3 Å². The van der Waals surface area contributed by atoms with Crippen LogP contribution in [0.5, 0.6) is 10.8 Å². The summed E-state index contributed by atoms with van der Waals surface area (Å²) in [7, 11) is 0. The lowest BCUT2D eigenvalue weighted by Gasteiger charge is -1.99. The number of hydrogen-bond donors (Lipinski definition) is 1. The van der Waals surface area contributed by atoms with Crippen molar-refractivity contribution >= 4 is 16.5 Å². The van der Waals surface area contributed by atoms with E-state index in [1.165, 1.54) is 35.9 Å². The highest BCUT2D eigenvalue weighted by atomic mass is 32.1. The van der Waals surface area contributed by atoms with Crippen molar-refractivity contribution in [3.8, 4) is 10.8 Å². The molecule has 14 heavy (non-hydrogen) atoms. The van der Waals surface area contributed by atoms with Crippen LogP contribution in [0, 0.1) is 5.95 Å². The van der Waals surface area contributed by atoms with E-state index in [9.17, 15) is 4.39 Å². The highest BCUT2D eigenvalue weighted by molar-refractivity contribution is 7.17.